The van der Waals surface area contributed by atoms with Crippen molar-refractivity contribution in [3.8, 4) is 5.75 Å². The predicted octanol–water partition coefficient (Wildman–Crippen LogP) is 3.46. The van der Waals surface area contributed by atoms with Crippen LogP contribution in [0, 0.1) is 0 Å². The number of ketones is 1. The lowest BCUT2D eigenvalue weighted by Crippen LogP contribution is -2.38. The molecule has 1 saturated heterocycles. The average Bonchev–Trinajstić information content (AvgIpc) is 3.04. The lowest BCUT2D eigenvalue weighted by atomic mass is 9.95. The van der Waals surface area contributed by atoms with E-state index in [2.05, 4.69) is 18.7 Å². The molecule has 0 unspecified atom stereocenters. The van der Waals surface area contributed by atoms with Crippen molar-refractivity contribution < 1.29 is 19.4 Å². The maximum atomic E-state index is 13.0. The van der Waals surface area contributed by atoms with Crippen LogP contribution >= 0.6 is 0 Å². The van der Waals surface area contributed by atoms with E-state index in [0.717, 1.165) is 18.7 Å². The molecule has 6 nitrogen and oxygen atoms in total. The highest BCUT2D eigenvalue weighted by Gasteiger charge is 2.45. The minimum Gasteiger partial charge on any atom is -0.507 e. The van der Waals surface area contributed by atoms with Crippen molar-refractivity contribution in [1.29, 1.82) is 0 Å². The number of carbonyl (C=O) groups excluding carboxylic acids is 2. The van der Waals surface area contributed by atoms with E-state index in [1.165, 1.54) is 0 Å². The number of carbonyl (C=O) groups is 2. The second kappa shape index (κ2) is 9.59. The molecule has 0 aliphatic carbocycles. The summed E-state index contributed by atoms with van der Waals surface area (Å²) < 4.78 is 5.24. The number of aliphatic hydroxyl groups excluding tert-OH is 1. The van der Waals surface area contributed by atoms with Crippen LogP contribution in [-0.4, -0.2) is 59.9 Å². The van der Waals surface area contributed by atoms with Gasteiger partial charge in [-0.25, -0.2) is 0 Å². The summed E-state index contributed by atoms with van der Waals surface area (Å²) in [6, 6.07) is 15.5. The molecule has 1 fully saturated rings. The number of rotatable bonds is 8. The Morgan fingerprint density at radius 1 is 1.03 bits per heavy atom. The molecule has 2 aromatic rings. The first-order valence-electron chi connectivity index (χ1n) is 10.2. The standard InChI is InChI=1S/C24H28N2O4/c1-4-25(5-2)15-16-26-21(17-11-13-19(30-3)14-12-17)20(23(28)24(26)29)22(27)18-9-7-6-8-10-18/h6-14,21,27H,4-5,15-16H2,1-3H3/t21-/m1/s1. The topological polar surface area (TPSA) is 70.1 Å². The van der Waals surface area contributed by atoms with Crippen molar-refractivity contribution >= 4 is 17.4 Å². The summed E-state index contributed by atoms with van der Waals surface area (Å²) in [5.41, 5.74) is 1.39. The summed E-state index contributed by atoms with van der Waals surface area (Å²) in [4.78, 5) is 29.7. The van der Waals surface area contributed by atoms with Gasteiger partial charge in [-0.05, 0) is 30.8 Å². The van der Waals surface area contributed by atoms with Gasteiger partial charge in [-0.3, -0.25) is 9.59 Å². The minimum atomic E-state index is -0.656. The highest BCUT2D eigenvalue weighted by atomic mass is 16.5. The van der Waals surface area contributed by atoms with E-state index in [9.17, 15) is 14.7 Å². The van der Waals surface area contributed by atoms with E-state index in [1.54, 1.807) is 48.4 Å². The van der Waals surface area contributed by atoms with Crippen molar-refractivity contribution in [1.82, 2.24) is 9.80 Å². The fourth-order valence-corrected chi connectivity index (χ4v) is 3.78. The van der Waals surface area contributed by atoms with Crippen LogP contribution < -0.4 is 4.74 Å². The molecule has 30 heavy (non-hydrogen) atoms. The molecule has 0 radical (unpaired) electrons. The maximum Gasteiger partial charge on any atom is 0.295 e. The van der Waals surface area contributed by atoms with Crippen LogP contribution in [0.2, 0.25) is 0 Å². The summed E-state index contributed by atoms with van der Waals surface area (Å²) in [5, 5.41) is 11.0. The minimum absolute atomic E-state index is 0.121. The molecule has 1 N–H and O–H groups in total. The molecular formula is C24H28N2O4. The number of hydrogen-bond donors (Lipinski definition) is 1. The molecule has 0 spiro atoms. The van der Waals surface area contributed by atoms with Gasteiger partial charge in [0.15, 0.2) is 0 Å². The Morgan fingerprint density at radius 2 is 1.67 bits per heavy atom. The number of Topliss-reactive ketones (excluding diaryl/α,β-unsaturated/α-hetero) is 1. The first-order chi connectivity index (χ1) is 14.5. The molecule has 6 heteroatoms. The quantitative estimate of drug-likeness (QED) is 0.412. The molecule has 0 aromatic heterocycles. The molecule has 1 aliphatic heterocycles. The van der Waals surface area contributed by atoms with E-state index < -0.39 is 17.7 Å². The van der Waals surface area contributed by atoms with Crippen molar-refractivity contribution in [2.24, 2.45) is 0 Å². The van der Waals surface area contributed by atoms with Gasteiger partial charge in [0.05, 0.1) is 18.7 Å². The van der Waals surface area contributed by atoms with Gasteiger partial charge in [0.1, 0.15) is 11.5 Å². The van der Waals surface area contributed by atoms with Gasteiger partial charge in [0.2, 0.25) is 0 Å². The van der Waals surface area contributed by atoms with E-state index in [1.807, 2.05) is 18.2 Å². The third kappa shape index (κ3) is 4.24. The van der Waals surface area contributed by atoms with Crippen LogP contribution in [0.1, 0.15) is 31.0 Å². The van der Waals surface area contributed by atoms with Gasteiger partial charge < -0.3 is 19.6 Å². The molecule has 1 heterocycles. The maximum absolute atomic E-state index is 13.0. The van der Waals surface area contributed by atoms with Crippen LogP contribution in [0.5, 0.6) is 5.75 Å². The molecule has 0 saturated carbocycles. The molecule has 158 valence electrons. The van der Waals surface area contributed by atoms with E-state index in [0.29, 0.717) is 24.4 Å². The normalized spacial score (nSPS) is 18.3. The van der Waals surface area contributed by atoms with Crippen LogP contribution in [0.25, 0.3) is 5.76 Å². The number of methoxy groups -OCH3 is 1. The zero-order valence-corrected chi connectivity index (χ0v) is 17.7. The van der Waals surface area contributed by atoms with Crippen molar-refractivity contribution in [3.05, 3.63) is 71.3 Å². The molecule has 1 amide bonds. The Hall–Kier alpha value is -3.12. The fraction of sp³-hybridized carbons (Fsp3) is 0.333. The third-order valence-corrected chi connectivity index (χ3v) is 5.57. The Kier molecular flexibility index (Phi) is 6.90. The summed E-state index contributed by atoms with van der Waals surface area (Å²) in [5.74, 6) is -0.709. The van der Waals surface area contributed by atoms with Gasteiger partial charge in [0, 0.05) is 18.7 Å². The Balaban J connectivity index is 2.07. The van der Waals surface area contributed by atoms with Gasteiger partial charge in [-0.1, -0.05) is 56.3 Å². The number of likely N-dealkylation sites (N-methyl/N-ethyl adjacent to an activating group) is 1. The van der Waals surface area contributed by atoms with E-state index in [4.69, 9.17) is 4.74 Å². The summed E-state index contributed by atoms with van der Waals surface area (Å²) in [7, 11) is 1.58. The largest absolute Gasteiger partial charge is 0.507 e. The van der Waals surface area contributed by atoms with Gasteiger partial charge in [0.25, 0.3) is 11.7 Å². The SMILES string of the molecule is CCN(CC)CCN1C(=O)C(=O)C(=C(O)c2ccccc2)[C@H]1c1ccc(OC)cc1. The summed E-state index contributed by atoms with van der Waals surface area (Å²) >= 11 is 0. The molecule has 2 aromatic carbocycles. The van der Waals surface area contributed by atoms with Crippen LogP contribution in [0.15, 0.2) is 60.2 Å². The Bertz CT molecular complexity index is 918. The van der Waals surface area contributed by atoms with Crippen LogP contribution in [-0.2, 0) is 9.59 Å². The zero-order chi connectivity index (χ0) is 21.7. The second-order valence-electron chi connectivity index (χ2n) is 7.16. The zero-order valence-electron chi connectivity index (χ0n) is 17.7. The highest BCUT2D eigenvalue weighted by Crippen LogP contribution is 2.39. The number of nitrogens with zero attached hydrogens (tertiary/aromatic N) is 2. The summed E-state index contributed by atoms with van der Waals surface area (Å²) in [6.07, 6.45) is 0. The molecule has 1 aliphatic rings. The summed E-state index contributed by atoms with van der Waals surface area (Å²) in [6.45, 7) is 6.89. The van der Waals surface area contributed by atoms with Crippen molar-refractivity contribution in [2.75, 3.05) is 33.3 Å². The lowest BCUT2D eigenvalue weighted by Gasteiger charge is -2.28. The average molecular weight is 408 g/mol. The monoisotopic (exact) mass is 408 g/mol. The number of aliphatic hydroxyl groups is 1. The number of ether oxygens (including phenoxy) is 1. The van der Waals surface area contributed by atoms with Crippen LogP contribution in [0.4, 0.5) is 0 Å². The van der Waals surface area contributed by atoms with Gasteiger partial charge in [-0.15, -0.1) is 0 Å². The Morgan fingerprint density at radius 3 is 2.23 bits per heavy atom. The highest BCUT2D eigenvalue weighted by molar-refractivity contribution is 6.46. The first-order valence-corrected chi connectivity index (χ1v) is 10.2. The molecular weight excluding hydrogens is 380 g/mol. The van der Waals surface area contributed by atoms with E-state index >= 15 is 0 Å². The molecule has 0 bridgehead atoms. The van der Waals surface area contributed by atoms with E-state index in [-0.39, 0.29) is 11.3 Å². The van der Waals surface area contributed by atoms with Gasteiger partial charge >= 0.3 is 0 Å². The number of amides is 1. The van der Waals surface area contributed by atoms with Crippen molar-refractivity contribution in [2.45, 2.75) is 19.9 Å². The Labute approximate surface area is 177 Å². The van der Waals surface area contributed by atoms with Gasteiger partial charge in [-0.2, -0.15) is 0 Å². The predicted molar refractivity (Wildman–Crippen MR) is 116 cm³/mol. The first kappa shape index (κ1) is 21.6. The van der Waals surface area contributed by atoms with Crippen LogP contribution in [0.3, 0.4) is 0 Å². The number of hydrogen-bond acceptors (Lipinski definition) is 5. The molecule has 3 rings (SSSR count). The number of benzene rings is 2. The number of likely N-dealkylation sites (tertiary alicyclic amines) is 1. The fourth-order valence-electron chi connectivity index (χ4n) is 3.78. The molecule has 1 atom stereocenters. The third-order valence-electron chi connectivity index (χ3n) is 5.57. The lowest BCUT2D eigenvalue weighted by molar-refractivity contribution is -0.140. The van der Waals surface area contributed by atoms with Crippen molar-refractivity contribution in [3.63, 3.8) is 0 Å². The smallest absolute Gasteiger partial charge is 0.295 e. The second-order valence-corrected chi connectivity index (χ2v) is 7.16.